The zero-order valence-electron chi connectivity index (χ0n) is 15.9. The van der Waals surface area contributed by atoms with E-state index in [0.29, 0.717) is 6.42 Å². The molecule has 3 rings (SSSR count). The third-order valence-electron chi connectivity index (χ3n) is 5.24. The number of piperidine rings is 1. The van der Waals surface area contributed by atoms with Crippen molar-refractivity contribution in [1.82, 2.24) is 19.9 Å². The van der Waals surface area contributed by atoms with Gasteiger partial charge in [-0.2, -0.15) is 15.0 Å². The number of benzene rings is 1. The lowest BCUT2D eigenvalue weighted by Gasteiger charge is -2.36. The lowest BCUT2D eigenvalue weighted by Crippen LogP contribution is -2.46. The summed E-state index contributed by atoms with van der Waals surface area (Å²) in [6.45, 7) is 3.04. The van der Waals surface area contributed by atoms with Gasteiger partial charge in [-0.1, -0.05) is 12.8 Å². The van der Waals surface area contributed by atoms with Crippen LogP contribution >= 0.6 is 0 Å². The summed E-state index contributed by atoms with van der Waals surface area (Å²) in [5, 5.41) is 30.9. The molecule has 7 heteroatoms. The Kier molecular flexibility index (Phi) is 7.62. The lowest BCUT2D eigenvalue weighted by atomic mass is 9.99. The predicted molar refractivity (Wildman–Crippen MR) is 106 cm³/mol. The van der Waals surface area contributed by atoms with Crippen LogP contribution in [-0.4, -0.2) is 68.5 Å². The zero-order chi connectivity index (χ0) is 18.9. The first kappa shape index (κ1) is 19.8. The molecule has 7 nitrogen and oxygen atoms in total. The van der Waals surface area contributed by atoms with E-state index >= 15 is 0 Å². The third kappa shape index (κ3) is 6.02. The molecule has 0 saturated carbocycles. The lowest BCUT2D eigenvalue weighted by molar-refractivity contribution is 0.0163. The number of likely N-dealkylation sites (tertiary alicyclic amines) is 1. The number of hydrogen-bond acceptors (Lipinski definition) is 6. The van der Waals surface area contributed by atoms with E-state index in [4.69, 9.17) is 0 Å². The van der Waals surface area contributed by atoms with E-state index in [1.807, 2.05) is 12.1 Å². The average molecular weight is 374 g/mol. The zero-order valence-corrected chi connectivity index (χ0v) is 15.9. The van der Waals surface area contributed by atoms with E-state index in [1.165, 1.54) is 12.8 Å². The van der Waals surface area contributed by atoms with Crippen LogP contribution in [-0.2, 0) is 0 Å². The Morgan fingerprint density at radius 3 is 2.52 bits per heavy atom. The van der Waals surface area contributed by atoms with Crippen molar-refractivity contribution in [2.75, 3.05) is 31.6 Å². The predicted octanol–water partition coefficient (Wildman–Crippen LogP) is 2.06. The van der Waals surface area contributed by atoms with Crippen LogP contribution in [0, 0.1) is 0 Å². The second kappa shape index (κ2) is 10.4. The van der Waals surface area contributed by atoms with Crippen LogP contribution in [0.1, 0.15) is 38.5 Å². The molecule has 0 radical (unpaired) electrons. The summed E-state index contributed by atoms with van der Waals surface area (Å²) in [6.07, 6.45) is 9.32. The van der Waals surface area contributed by atoms with Gasteiger partial charge in [0, 0.05) is 24.8 Å². The van der Waals surface area contributed by atoms with Crippen LogP contribution < -0.4 is 5.32 Å². The Morgan fingerprint density at radius 1 is 1.04 bits per heavy atom. The SMILES string of the molecule is OCC1CC(O)CCN1CCCCCCNc1ccc(-n2nccn2)cc1. The summed E-state index contributed by atoms with van der Waals surface area (Å²) < 4.78 is 0. The summed E-state index contributed by atoms with van der Waals surface area (Å²) in [7, 11) is 0. The van der Waals surface area contributed by atoms with E-state index in [2.05, 4.69) is 32.5 Å². The first-order valence-corrected chi connectivity index (χ1v) is 10.00. The highest BCUT2D eigenvalue weighted by Crippen LogP contribution is 2.18. The highest BCUT2D eigenvalue weighted by molar-refractivity contribution is 5.48. The summed E-state index contributed by atoms with van der Waals surface area (Å²) in [6, 6.07) is 8.26. The average Bonchev–Trinajstić information content (AvgIpc) is 3.23. The maximum atomic E-state index is 9.70. The molecule has 2 atom stereocenters. The molecule has 1 saturated heterocycles. The van der Waals surface area contributed by atoms with Gasteiger partial charge in [0.2, 0.25) is 0 Å². The minimum atomic E-state index is -0.241. The molecule has 1 aromatic heterocycles. The maximum Gasteiger partial charge on any atom is 0.0858 e. The van der Waals surface area contributed by atoms with Gasteiger partial charge in [-0.25, -0.2) is 0 Å². The van der Waals surface area contributed by atoms with Crippen molar-refractivity contribution < 1.29 is 10.2 Å². The van der Waals surface area contributed by atoms with Crippen LogP contribution in [0.3, 0.4) is 0 Å². The van der Waals surface area contributed by atoms with Gasteiger partial charge in [-0.15, -0.1) is 0 Å². The highest BCUT2D eigenvalue weighted by atomic mass is 16.3. The quantitative estimate of drug-likeness (QED) is 0.553. The van der Waals surface area contributed by atoms with Gasteiger partial charge in [0.25, 0.3) is 0 Å². The van der Waals surface area contributed by atoms with Crippen molar-refractivity contribution in [1.29, 1.82) is 0 Å². The molecule has 0 aliphatic carbocycles. The minimum absolute atomic E-state index is 0.135. The van der Waals surface area contributed by atoms with Gasteiger partial charge >= 0.3 is 0 Å². The van der Waals surface area contributed by atoms with Crippen LogP contribution in [0.15, 0.2) is 36.7 Å². The second-order valence-corrected chi connectivity index (χ2v) is 7.26. The number of rotatable bonds is 10. The molecule has 0 spiro atoms. The molecular weight excluding hydrogens is 342 g/mol. The van der Waals surface area contributed by atoms with Crippen LogP contribution in [0.5, 0.6) is 0 Å². The molecule has 27 heavy (non-hydrogen) atoms. The Balaban J connectivity index is 1.26. The van der Waals surface area contributed by atoms with Crippen molar-refractivity contribution in [2.24, 2.45) is 0 Å². The summed E-state index contributed by atoms with van der Waals surface area (Å²) in [4.78, 5) is 3.94. The number of aliphatic hydroxyl groups is 2. The molecule has 1 aliphatic rings. The number of aliphatic hydroxyl groups excluding tert-OH is 2. The van der Waals surface area contributed by atoms with Crippen molar-refractivity contribution in [3.05, 3.63) is 36.7 Å². The second-order valence-electron chi connectivity index (χ2n) is 7.26. The standard InChI is InChI=1S/C20H31N5O2/c26-16-19-15-20(27)9-14-24(19)13-4-2-1-3-10-21-17-5-7-18(8-6-17)25-22-11-12-23-25/h5-8,11-12,19-21,26-27H,1-4,9-10,13-16H2. The first-order chi connectivity index (χ1) is 13.3. The fourth-order valence-electron chi connectivity index (χ4n) is 3.65. The van der Waals surface area contributed by atoms with E-state index in [1.54, 1.807) is 17.2 Å². The number of anilines is 1. The molecule has 3 N–H and O–H groups in total. The van der Waals surface area contributed by atoms with Gasteiger partial charge in [0.05, 0.1) is 30.8 Å². The Hall–Kier alpha value is -1.96. The van der Waals surface area contributed by atoms with Crippen LogP contribution in [0.25, 0.3) is 5.69 Å². The van der Waals surface area contributed by atoms with Gasteiger partial charge in [0.15, 0.2) is 0 Å². The number of nitrogens with zero attached hydrogens (tertiary/aromatic N) is 4. The Morgan fingerprint density at radius 2 is 1.78 bits per heavy atom. The van der Waals surface area contributed by atoms with Crippen molar-refractivity contribution >= 4 is 5.69 Å². The smallest absolute Gasteiger partial charge is 0.0858 e. The van der Waals surface area contributed by atoms with Crippen molar-refractivity contribution in [3.8, 4) is 5.69 Å². The minimum Gasteiger partial charge on any atom is -0.395 e. The molecule has 148 valence electrons. The van der Waals surface area contributed by atoms with Gasteiger partial charge in [0.1, 0.15) is 0 Å². The Bertz CT molecular complexity index is 647. The maximum absolute atomic E-state index is 9.70. The van der Waals surface area contributed by atoms with Gasteiger partial charge in [-0.05, 0) is 56.5 Å². The monoisotopic (exact) mass is 373 g/mol. The molecule has 1 aliphatic heterocycles. The normalized spacial score (nSPS) is 20.7. The molecule has 0 bridgehead atoms. The number of unbranched alkanes of at least 4 members (excludes halogenated alkanes) is 3. The summed E-state index contributed by atoms with van der Waals surface area (Å²) >= 11 is 0. The van der Waals surface area contributed by atoms with E-state index in [0.717, 1.165) is 50.3 Å². The van der Waals surface area contributed by atoms with Crippen LogP contribution in [0.4, 0.5) is 5.69 Å². The van der Waals surface area contributed by atoms with Crippen LogP contribution in [0.2, 0.25) is 0 Å². The molecule has 2 aromatic rings. The molecule has 1 aromatic carbocycles. The van der Waals surface area contributed by atoms with Gasteiger partial charge < -0.3 is 15.5 Å². The molecular formula is C20H31N5O2. The molecule has 2 heterocycles. The fourth-order valence-corrected chi connectivity index (χ4v) is 3.65. The fraction of sp³-hybridized carbons (Fsp3) is 0.600. The van der Waals surface area contributed by atoms with E-state index < -0.39 is 0 Å². The first-order valence-electron chi connectivity index (χ1n) is 10.00. The van der Waals surface area contributed by atoms with E-state index in [-0.39, 0.29) is 18.8 Å². The van der Waals surface area contributed by atoms with Crippen molar-refractivity contribution in [3.63, 3.8) is 0 Å². The largest absolute Gasteiger partial charge is 0.395 e. The topological polar surface area (TPSA) is 86.4 Å². The molecule has 2 unspecified atom stereocenters. The Labute approximate surface area is 161 Å². The molecule has 1 fully saturated rings. The summed E-state index contributed by atoms with van der Waals surface area (Å²) in [5.41, 5.74) is 2.07. The summed E-state index contributed by atoms with van der Waals surface area (Å²) in [5.74, 6) is 0. The van der Waals surface area contributed by atoms with Gasteiger partial charge in [-0.3, -0.25) is 4.90 Å². The number of hydrogen-bond donors (Lipinski definition) is 3. The van der Waals surface area contributed by atoms with Crippen molar-refractivity contribution in [2.45, 2.75) is 50.7 Å². The van der Waals surface area contributed by atoms with E-state index in [9.17, 15) is 10.2 Å². The number of nitrogens with one attached hydrogen (secondary N) is 1. The molecule has 0 amide bonds. The highest BCUT2D eigenvalue weighted by Gasteiger charge is 2.25. The number of aromatic nitrogens is 3. The third-order valence-corrected chi connectivity index (χ3v) is 5.24.